The Labute approximate surface area is 261 Å². The highest BCUT2D eigenvalue weighted by molar-refractivity contribution is 7.18. The molecule has 2 atom stereocenters. The zero-order valence-electron chi connectivity index (χ0n) is 23.9. The summed E-state index contributed by atoms with van der Waals surface area (Å²) in [4.78, 5) is 43.7. The predicted octanol–water partition coefficient (Wildman–Crippen LogP) is 5.21. The molecule has 44 heavy (non-hydrogen) atoms. The largest absolute Gasteiger partial charge is 0.478 e. The maximum atomic E-state index is 13.9. The molecule has 1 N–H and O–H groups in total. The molecule has 1 saturated heterocycles. The molecule has 1 aromatic carbocycles. The summed E-state index contributed by atoms with van der Waals surface area (Å²) in [7, 11) is 2.11. The molecular weight excluding hydrogens is 598 g/mol. The van der Waals surface area contributed by atoms with Gasteiger partial charge in [-0.2, -0.15) is 5.26 Å². The normalized spacial score (nSPS) is 18.2. The van der Waals surface area contributed by atoms with Crippen molar-refractivity contribution < 1.29 is 9.90 Å². The highest BCUT2D eigenvalue weighted by atomic mass is 35.5. The van der Waals surface area contributed by atoms with Crippen LogP contribution in [0.15, 0.2) is 52.9 Å². The van der Waals surface area contributed by atoms with Crippen LogP contribution in [0.4, 0.5) is 5.82 Å². The maximum absolute atomic E-state index is 13.9. The molecule has 5 aromatic rings. The number of aromatic carboxylic acids is 1. The van der Waals surface area contributed by atoms with Gasteiger partial charge in [0.15, 0.2) is 0 Å². The van der Waals surface area contributed by atoms with Gasteiger partial charge in [0, 0.05) is 53.9 Å². The number of hydrogen-bond acceptors (Lipinski definition) is 9. The molecule has 2 aliphatic rings. The average molecular weight is 624 g/mol. The van der Waals surface area contributed by atoms with Gasteiger partial charge in [0.05, 0.1) is 32.9 Å². The van der Waals surface area contributed by atoms with Crippen LogP contribution in [0.5, 0.6) is 0 Å². The number of nitriles is 1. The van der Waals surface area contributed by atoms with Crippen LogP contribution < -0.4 is 10.5 Å². The second-order valence-electron chi connectivity index (χ2n) is 11.1. The number of piperazine rings is 1. The van der Waals surface area contributed by atoms with Gasteiger partial charge in [-0.3, -0.25) is 19.2 Å². The first kappa shape index (κ1) is 28.2. The van der Waals surface area contributed by atoms with Crippen molar-refractivity contribution in [2.45, 2.75) is 32.0 Å². The van der Waals surface area contributed by atoms with Crippen molar-refractivity contribution in [3.8, 4) is 17.2 Å². The number of rotatable bonds is 6. The Bertz CT molecular complexity index is 2130. The molecule has 1 aliphatic heterocycles. The number of allylic oxidation sites excluding steroid dienone is 1. The summed E-state index contributed by atoms with van der Waals surface area (Å²) in [6.45, 7) is 3.61. The summed E-state index contributed by atoms with van der Waals surface area (Å²) in [5.41, 5.74) is 3.44. The summed E-state index contributed by atoms with van der Waals surface area (Å²) in [6, 6.07) is 10.4. The number of aryl methyl sites for hydroxylation is 1. The number of carboxylic acids is 1. The van der Waals surface area contributed by atoms with Gasteiger partial charge >= 0.3 is 5.97 Å². The van der Waals surface area contributed by atoms with Crippen molar-refractivity contribution in [1.29, 1.82) is 5.26 Å². The van der Waals surface area contributed by atoms with Crippen LogP contribution in [0.3, 0.4) is 0 Å². The number of thiophene rings is 1. The Morgan fingerprint density at radius 3 is 2.86 bits per heavy atom. The number of anilines is 1. The van der Waals surface area contributed by atoms with Crippen molar-refractivity contribution in [1.82, 2.24) is 24.4 Å². The van der Waals surface area contributed by atoms with Gasteiger partial charge in [-0.1, -0.05) is 29.8 Å². The van der Waals surface area contributed by atoms with E-state index in [0.717, 1.165) is 40.9 Å². The summed E-state index contributed by atoms with van der Waals surface area (Å²) >= 11 is 7.72. The molecule has 0 bridgehead atoms. The third kappa shape index (κ3) is 4.63. The Balaban J connectivity index is 1.26. The fraction of sp³-hybridized carbons (Fsp3) is 0.250. The number of carboxylic acid groups (broad SMARTS) is 1. The molecule has 4 aromatic heterocycles. The number of nitrogens with zero attached hydrogens (tertiary/aromatic N) is 7. The molecule has 10 nitrogen and oxygen atoms in total. The minimum absolute atomic E-state index is 0.157. The highest BCUT2D eigenvalue weighted by Gasteiger charge is 2.48. The maximum Gasteiger partial charge on any atom is 0.338 e. The molecule has 2 fully saturated rings. The van der Waals surface area contributed by atoms with Crippen molar-refractivity contribution in [3.05, 3.63) is 86.0 Å². The molecule has 12 heteroatoms. The molecule has 1 aliphatic carbocycles. The van der Waals surface area contributed by atoms with E-state index in [1.807, 2.05) is 30.4 Å². The van der Waals surface area contributed by atoms with Crippen LogP contribution in [0.1, 0.15) is 33.7 Å². The Morgan fingerprint density at radius 2 is 2.07 bits per heavy atom. The number of benzene rings is 1. The van der Waals surface area contributed by atoms with Gasteiger partial charge in [-0.15, -0.1) is 11.3 Å². The number of aromatic nitrogens is 4. The van der Waals surface area contributed by atoms with Crippen LogP contribution in [0.25, 0.3) is 38.3 Å². The molecule has 2 unspecified atom stereocenters. The molecule has 0 radical (unpaired) electrons. The van der Waals surface area contributed by atoms with Crippen LogP contribution in [-0.2, 0) is 6.54 Å². The van der Waals surface area contributed by atoms with Crippen molar-refractivity contribution >= 4 is 61.9 Å². The summed E-state index contributed by atoms with van der Waals surface area (Å²) in [5.74, 6) is 0.0404. The number of fused-ring (bicyclic) bond motifs is 3. The number of likely N-dealkylation sites (N-methyl/N-ethyl adjacent to an activating group) is 1. The first-order valence-electron chi connectivity index (χ1n) is 14.1. The van der Waals surface area contributed by atoms with Crippen molar-refractivity contribution in [2.24, 2.45) is 0 Å². The van der Waals surface area contributed by atoms with Gasteiger partial charge in [0.2, 0.25) is 0 Å². The molecule has 1 saturated carbocycles. The second kappa shape index (κ2) is 10.8. The molecular formula is C32H26ClN7O3S. The number of carbonyl (C=O) groups is 1. The lowest BCUT2D eigenvalue weighted by molar-refractivity contribution is 0.0699. The monoisotopic (exact) mass is 623 g/mol. The SMILES string of the molecule is Cc1nc2cnc(N3CCN(C)C4CC43)c(C#N)c2c(=O)n1C/C=C/c1ccc(Cl)cc1-c1ccnc2c(C(=O)O)csc12. The first-order valence-corrected chi connectivity index (χ1v) is 15.4. The molecule has 0 amide bonds. The van der Waals surface area contributed by atoms with Crippen LogP contribution in [0.2, 0.25) is 5.02 Å². The molecule has 5 heterocycles. The predicted molar refractivity (Wildman–Crippen MR) is 171 cm³/mol. The lowest BCUT2D eigenvalue weighted by atomic mass is 9.99. The second-order valence-corrected chi connectivity index (χ2v) is 12.4. The Morgan fingerprint density at radius 1 is 1.23 bits per heavy atom. The summed E-state index contributed by atoms with van der Waals surface area (Å²) in [6.07, 6.45) is 7.99. The third-order valence-electron chi connectivity index (χ3n) is 8.51. The van der Waals surface area contributed by atoms with Gasteiger partial charge < -0.3 is 10.0 Å². The third-order valence-corrected chi connectivity index (χ3v) is 9.75. The number of halogens is 1. The number of hydrogen-bond donors (Lipinski definition) is 1. The zero-order valence-corrected chi connectivity index (χ0v) is 25.4. The fourth-order valence-corrected chi connectivity index (χ4v) is 7.37. The Kier molecular flexibility index (Phi) is 6.93. The minimum Gasteiger partial charge on any atom is -0.478 e. The van der Waals surface area contributed by atoms with Gasteiger partial charge in [0.25, 0.3) is 5.56 Å². The van der Waals surface area contributed by atoms with Crippen molar-refractivity contribution in [2.75, 3.05) is 25.0 Å². The van der Waals surface area contributed by atoms with E-state index in [1.165, 1.54) is 11.3 Å². The molecule has 220 valence electrons. The topological polar surface area (TPSA) is 128 Å². The van der Waals surface area contributed by atoms with E-state index in [1.54, 1.807) is 35.3 Å². The zero-order chi connectivity index (χ0) is 30.7. The lowest BCUT2D eigenvalue weighted by Gasteiger charge is -2.33. The first-order chi connectivity index (χ1) is 21.3. The number of pyridine rings is 2. The van der Waals surface area contributed by atoms with Gasteiger partial charge in [-0.25, -0.2) is 14.8 Å². The van der Waals surface area contributed by atoms with Crippen molar-refractivity contribution in [3.63, 3.8) is 0 Å². The van der Waals surface area contributed by atoms with E-state index < -0.39 is 5.97 Å². The summed E-state index contributed by atoms with van der Waals surface area (Å²) in [5, 5.41) is 22.2. The van der Waals surface area contributed by atoms with Gasteiger partial charge in [0.1, 0.15) is 23.3 Å². The van der Waals surface area contributed by atoms with E-state index in [0.29, 0.717) is 39.8 Å². The van der Waals surface area contributed by atoms with E-state index in [9.17, 15) is 20.0 Å². The smallest absolute Gasteiger partial charge is 0.338 e. The minimum atomic E-state index is -1.03. The average Bonchev–Trinajstić information content (AvgIpc) is 3.70. The highest BCUT2D eigenvalue weighted by Crippen LogP contribution is 2.40. The van der Waals surface area contributed by atoms with Crippen LogP contribution in [-0.4, -0.2) is 67.7 Å². The van der Waals surface area contributed by atoms with Gasteiger partial charge in [-0.05, 0) is 49.7 Å². The van der Waals surface area contributed by atoms with Crippen LogP contribution >= 0.6 is 22.9 Å². The molecule has 7 rings (SSSR count). The molecule has 0 spiro atoms. The van der Waals surface area contributed by atoms with E-state index >= 15 is 0 Å². The van der Waals surface area contributed by atoms with E-state index in [4.69, 9.17) is 11.6 Å². The standard InChI is InChI=1S/C32H26ClN7O3S/c1-17-37-24-15-36-30(40-11-10-38(2)25-13-26(25)40)22(14-34)27(24)31(41)39(17)9-3-4-18-5-6-19(33)12-21(18)20-7-8-35-28-23(32(42)43)16-44-29(20)28/h3-8,12,15-16,25-26H,9-11,13H2,1-2H3,(H,42,43)/b4-3+. The van der Waals surface area contributed by atoms with Crippen LogP contribution in [0, 0.1) is 18.3 Å². The Hall–Kier alpha value is -4.63. The van der Waals surface area contributed by atoms with E-state index in [2.05, 4.69) is 37.9 Å². The summed E-state index contributed by atoms with van der Waals surface area (Å²) < 4.78 is 2.31. The quantitative estimate of drug-likeness (QED) is 0.271. The lowest BCUT2D eigenvalue weighted by Crippen LogP contribution is -2.45. The fourth-order valence-electron chi connectivity index (χ4n) is 6.17. The van der Waals surface area contributed by atoms with E-state index in [-0.39, 0.29) is 28.6 Å².